The largest absolute Gasteiger partial charge is 0.358 e. The van der Waals surface area contributed by atoms with Crippen molar-refractivity contribution in [1.82, 2.24) is 4.98 Å². The molecule has 0 saturated carbocycles. The van der Waals surface area contributed by atoms with Crippen molar-refractivity contribution in [3.8, 4) is 11.3 Å². The number of carbonyl (C=O) groups is 2. The molecule has 7 heteroatoms. The molecule has 3 heterocycles. The third-order valence-corrected chi connectivity index (χ3v) is 6.53. The van der Waals surface area contributed by atoms with Gasteiger partial charge in [0.15, 0.2) is 5.13 Å². The maximum Gasteiger partial charge on any atom is 0.257 e. The lowest BCUT2D eigenvalue weighted by molar-refractivity contribution is -0.117. The highest BCUT2D eigenvalue weighted by atomic mass is 32.1. The third kappa shape index (κ3) is 3.25. The molecule has 0 bridgehead atoms. The molecule has 0 aliphatic carbocycles. The topological polar surface area (TPSA) is 74.3 Å². The summed E-state index contributed by atoms with van der Waals surface area (Å²) < 4.78 is 0. The number of aromatic nitrogens is 1. The number of aryl methyl sites for hydroxylation is 2. The quantitative estimate of drug-likeness (QED) is 0.652. The van der Waals surface area contributed by atoms with Gasteiger partial charge in [-0.15, -0.1) is 11.3 Å². The van der Waals surface area contributed by atoms with E-state index >= 15 is 0 Å². The predicted molar refractivity (Wildman–Crippen MR) is 120 cm³/mol. The molecule has 0 spiro atoms. The van der Waals surface area contributed by atoms with Crippen LogP contribution in [0.1, 0.15) is 34.3 Å². The number of anilines is 3. The van der Waals surface area contributed by atoms with Crippen molar-refractivity contribution >= 4 is 39.7 Å². The fourth-order valence-electron chi connectivity index (χ4n) is 4.21. The van der Waals surface area contributed by atoms with E-state index in [2.05, 4.69) is 52.6 Å². The van der Waals surface area contributed by atoms with Crippen LogP contribution in [0.2, 0.25) is 0 Å². The van der Waals surface area contributed by atoms with E-state index in [9.17, 15) is 9.59 Å². The summed E-state index contributed by atoms with van der Waals surface area (Å²) >= 11 is 1.40. The van der Waals surface area contributed by atoms with Gasteiger partial charge in [0.05, 0.1) is 17.1 Å². The minimum absolute atomic E-state index is 0.00986. The van der Waals surface area contributed by atoms with E-state index in [0.717, 1.165) is 41.9 Å². The average molecular weight is 419 g/mol. The van der Waals surface area contributed by atoms with Gasteiger partial charge in [0.25, 0.3) is 5.91 Å². The zero-order valence-electron chi connectivity index (χ0n) is 16.9. The minimum atomic E-state index is -0.238. The molecule has 2 aliphatic heterocycles. The Balaban J connectivity index is 1.37. The number of benzene rings is 2. The van der Waals surface area contributed by atoms with E-state index < -0.39 is 0 Å². The smallest absolute Gasteiger partial charge is 0.257 e. The van der Waals surface area contributed by atoms with Crippen LogP contribution in [-0.2, 0) is 4.79 Å². The highest BCUT2D eigenvalue weighted by Gasteiger charge is 2.36. The Morgan fingerprint density at radius 1 is 1.23 bits per heavy atom. The van der Waals surface area contributed by atoms with Crippen LogP contribution in [0.25, 0.3) is 11.3 Å². The number of amides is 2. The van der Waals surface area contributed by atoms with Crippen LogP contribution >= 0.6 is 11.3 Å². The Hall–Kier alpha value is -3.19. The van der Waals surface area contributed by atoms with Crippen molar-refractivity contribution in [3.05, 3.63) is 58.5 Å². The molecular weight excluding hydrogens is 396 g/mol. The first kappa shape index (κ1) is 18.8. The molecule has 0 radical (unpaired) electrons. The van der Waals surface area contributed by atoms with E-state index in [-0.39, 0.29) is 17.9 Å². The summed E-state index contributed by atoms with van der Waals surface area (Å²) in [4.78, 5) is 31.9. The number of nitrogens with one attached hydrogen (secondary N) is 2. The fourth-order valence-corrected chi connectivity index (χ4v) is 4.91. The number of thiazole rings is 1. The zero-order valence-corrected chi connectivity index (χ0v) is 17.7. The molecule has 2 amide bonds. The second-order valence-corrected chi connectivity index (χ2v) is 8.74. The van der Waals surface area contributed by atoms with Crippen molar-refractivity contribution < 1.29 is 9.59 Å². The summed E-state index contributed by atoms with van der Waals surface area (Å²) in [5.41, 5.74) is 6.42. The number of fused-ring (bicyclic) bond motifs is 3. The zero-order chi connectivity index (χ0) is 20.8. The van der Waals surface area contributed by atoms with E-state index in [4.69, 9.17) is 0 Å². The van der Waals surface area contributed by atoms with E-state index in [1.54, 1.807) is 12.1 Å². The number of hydrogen-bond acceptors (Lipinski definition) is 5. The van der Waals surface area contributed by atoms with E-state index in [1.165, 1.54) is 16.9 Å². The van der Waals surface area contributed by atoms with Crippen LogP contribution in [0.5, 0.6) is 0 Å². The second-order valence-electron chi connectivity index (χ2n) is 7.88. The maximum absolute atomic E-state index is 12.8. The molecule has 152 valence electrons. The second kappa shape index (κ2) is 7.25. The van der Waals surface area contributed by atoms with Gasteiger partial charge in [-0.2, -0.15) is 0 Å². The van der Waals surface area contributed by atoms with Gasteiger partial charge in [-0.05, 0) is 56.5 Å². The van der Waals surface area contributed by atoms with Crippen molar-refractivity contribution in [2.75, 3.05) is 22.1 Å². The van der Waals surface area contributed by atoms with Crippen LogP contribution in [-0.4, -0.2) is 29.4 Å². The van der Waals surface area contributed by atoms with Crippen molar-refractivity contribution in [2.45, 2.75) is 32.7 Å². The van der Waals surface area contributed by atoms with Gasteiger partial charge in [0, 0.05) is 23.1 Å². The molecule has 5 rings (SSSR count). The number of carbonyl (C=O) groups excluding carboxylic acids is 2. The third-order valence-electron chi connectivity index (χ3n) is 5.78. The van der Waals surface area contributed by atoms with Crippen LogP contribution in [0.15, 0.2) is 41.8 Å². The molecule has 1 fully saturated rings. The lowest BCUT2D eigenvalue weighted by Gasteiger charge is -2.33. The Morgan fingerprint density at radius 3 is 2.97 bits per heavy atom. The highest BCUT2D eigenvalue weighted by Crippen LogP contribution is 2.37. The predicted octanol–water partition coefficient (Wildman–Crippen LogP) is 4.60. The lowest BCUT2D eigenvalue weighted by atomic mass is 10.0. The minimum Gasteiger partial charge on any atom is -0.358 e. The Bertz CT molecular complexity index is 1170. The fraction of sp³-hybridized carbons (Fsp3) is 0.261. The van der Waals surface area contributed by atoms with Gasteiger partial charge in [-0.3, -0.25) is 14.9 Å². The van der Waals surface area contributed by atoms with Gasteiger partial charge in [-0.25, -0.2) is 4.98 Å². The molecule has 0 unspecified atom stereocenters. The molecule has 2 aromatic carbocycles. The molecule has 1 aromatic heterocycles. The average Bonchev–Trinajstić information content (AvgIpc) is 3.39. The van der Waals surface area contributed by atoms with E-state index in [1.807, 2.05) is 11.4 Å². The molecule has 6 nitrogen and oxygen atoms in total. The van der Waals surface area contributed by atoms with Gasteiger partial charge in [-0.1, -0.05) is 17.7 Å². The Labute approximate surface area is 178 Å². The summed E-state index contributed by atoms with van der Waals surface area (Å²) in [6.45, 7) is 4.98. The molecule has 1 saturated heterocycles. The van der Waals surface area contributed by atoms with Crippen LogP contribution < -0.4 is 15.5 Å². The van der Waals surface area contributed by atoms with Crippen LogP contribution in [0.3, 0.4) is 0 Å². The molecule has 3 aromatic rings. The molecule has 2 aliphatic rings. The number of rotatable bonds is 3. The Kier molecular flexibility index (Phi) is 4.55. The lowest BCUT2D eigenvalue weighted by Crippen LogP contribution is -2.43. The Morgan fingerprint density at radius 2 is 2.10 bits per heavy atom. The first-order chi connectivity index (χ1) is 14.5. The summed E-state index contributed by atoms with van der Waals surface area (Å²) in [6, 6.07) is 11.6. The number of nitrogens with zero attached hydrogens (tertiary/aromatic N) is 2. The molecular formula is C23H22N4O2S. The monoisotopic (exact) mass is 418 g/mol. The maximum atomic E-state index is 12.8. The van der Waals surface area contributed by atoms with Crippen molar-refractivity contribution in [1.29, 1.82) is 0 Å². The van der Waals surface area contributed by atoms with E-state index in [0.29, 0.717) is 16.4 Å². The standard InChI is InChI=1S/C23H22N4O2S/c1-13-5-6-14(2)16(10-13)18-12-30-23(25-18)26-21(28)15-7-8-19-17(11-15)24-22(29)20-4-3-9-27(19)20/h5-8,10-12,20H,3-4,9H2,1-2H3,(H,24,29)(H,25,26,28)/t20-/m1/s1. The normalized spacial score (nSPS) is 17.3. The van der Waals surface area contributed by atoms with Crippen molar-refractivity contribution in [3.63, 3.8) is 0 Å². The summed E-state index contributed by atoms with van der Waals surface area (Å²) in [5.74, 6) is -0.229. The highest BCUT2D eigenvalue weighted by molar-refractivity contribution is 7.14. The summed E-state index contributed by atoms with van der Waals surface area (Å²) in [5, 5.41) is 8.35. The van der Waals surface area contributed by atoms with Gasteiger partial charge in [0.1, 0.15) is 6.04 Å². The van der Waals surface area contributed by atoms with Crippen LogP contribution in [0.4, 0.5) is 16.5 Å². The van der Waals surface area contributed by atoms with Gasteiger partial charge < -0.3 is 10.2 Å². The summed E-state index contributed by atoms with van der Waals surface area (Å²) in [6.07, 6.45) is 1.88. The number of hydrogen-bond donors (Lipinski definition) is 2. The van der Waals surface area contributed by atoms with Crippen molar-refractivity contribution in [2.24, 2.45) is 0 Å². The molecule has 1 atom stereocenters. The van der Waals surface area contributed by atoms with Gasteiger partial charge >= 0.3 is 0 Å². The first-order valence-electron chi connectivity index (χ1n) is 10.1. The molecule has 30 heavy (non-hydrogen) atoms. The first-order valence-corrected chi connectivity index (χ1v) is 10.9. The van der Waals surface area contributed by atoms with Gasteiger partial charge in [0.2, 0.25) is 5.91 Å². The summed E-state index contributed by atoms with van der Waals surface area (Å²) in [7, 11) is 0. The van der Waals surface area contributed by atoms with Crippen LogP contribution in [0, 0.1) is 13.8 Å². The SMILES string of the molecule is Cc1ccc(C)c(-c2csc(NC(=O)c3ccc4c(c3)NC(=O)[C@H]3CCCN43)n2)c1. The molecule has 2 N–H and O–H groups in total.